The highest BCUT2D eigenvalue weighted by Crippen LogP contribution is 2.17. The largest absolute Gasteiger partial charge is 0.494 e. The molecular weight excluding hydrogens is 326 g/mol. The molecule has 0 fully saturated rings. The van der Waals surface area contributed by atoms with Gasteiger partial charge in [-0.2, -0.15) is 0 Å². The van der Waals surface area contributed by atoms with E-state index in [4.69, 9.17) is 4.74 Å². The minimum atomic E-state index is -0.924. The second-order valence-corrected chi connectivity index (χ2v) is 6.72. The summed E-state index contributed by atoms with van der Waals surface area (Å²) < 4.78 is 5.37. The molecule has 0 spiro atoms. The molecule has 5 nitrogen and oxygen atoms in total. The molecule has 0 aliphatic heterocycles. The number of nitrogens with one attached hydrogen (secondary N) is 1. The average Bonchev–Trinajstić information content (AvgIpc) is 2.99. The lowest BCUT2D eigenvalue weighted by Crippen LogP contribution is -2.33. The topological polar surface area (TPSA) is 75.6 Å². The SMILES string of the molecule is CCOc1ccc(CC(CNC(=O)c2ccc(C)s2)C(=O)O)cc1. The van der Waals surface area contributed by atoms with Crippen LogP contribution in [-0.2, 0) is 11.2 Å². The van der Waals surface area contributed by atoms with Crippen molar-refractivity contribution in [3.63, 3.8) is 0 Å². The van der Waals surface area contributed by atoms with Crippen LogP contribution in [0.5, 0.6) is 5.75 Å². The molecule has 1 aromatic carbocycles. The van der Waals surface area contributed by atoms with Crippen molar-refractivity contribution in [2.45, 2.75) is 20.3 Å². The third-order valence-corrected chi connectivity index (χ3v) is 4.54. The zero-order valence-electron chi connectivity index (χ0n) is 13.7. The van der Waals surface area contributed by atoms with Gasteiger partial charge >= 0.3 is 5.97 Å². The molecule has 6 heteroatoms. The number of carboxylic acid groups (broad SMARTS) is 1. The van der Waals surface area contributed by atoms with Gasteiger partial charge in [0.1, 0.15) is 5.75 Å². The van der Waals surface area contributed by atoms with E-state index in [1.54, 1.807) is 6.07 Å². The fourth-order valence-corrected chi connectivity index (χ4v) is 3.06. The van der Waals surface area contributed by atoms with Crippen LogP contribution in [0.25, 0.3) is 0 Å². The maximum absolute atomic E-state index is 12.0. The fraction of sp³-hybridized carbons (Fsp3) is 0.333. The van der Waals surface area contributed by atoms with E-state index in [0.29, 0.717) is 17.9 Å². The summed E-state index contributed by atoms with van der Waals surface area (Å²) in [6.07, 6.45) is 0.353. The highest BCUT2D eigenvalue weighted by atomic mass is 32.1. The normalized spacial score (nSPS) is 11.8. The monoisotopic (exact) mass is 347 g/mol. The number of carbonyl (C=O) groups excluding carboxylic acids is 1. The van der Waals surface area contributed by atoms with Crippen molar-refractivity contribution < 1.29 is 19.4 Å². The van der Waals surface area contributed by atoms with Crippen molar-refractivity contribution >= 4 is 23.2 Å². The van der Waals surface area contributed by atoms with Crippen LogP contribution in [0.1, 0.15) is 27.0 Å². The lowest BCUT2D eigenvalue weighted by Gasteiger charge is -2.13. The van der Waals surface area contributed by atoms with Crippen LogP contribution < -0.4 is 10.1 Å². The van der Waals surface area contributed by atoms with E-state index in [0.717, 1.165) is 16.2 Å². The van der Waals surface area contributed by atoms with Crippen molar-refractivity contribution in [2.75, 3.05) is 13.2 Å². The number of carboxylic acids is 1. The molecule has 1 heterocycles. The van der Waals surface area contributed by atoms with Crippen LogP contribution in [-0.4, -0.2) is 30.1 Å². The molecule has 0 saturated carbocycles. The number of ether oxygens (including phenoxy) is 1. The number of hydrogen-bond donors (Lipinski definition) is 2. The standard InChI is InChI=1S/C18H21NO4S/c1-3-23-15-7-5-13(6-8-15)10-14(18(21)22)11-19-17(20)16-9-4-12(2)24-16/h4-9,14H,3,10-11H2,1-2H3,(H,19,20)(H,21,22). The van der Waals surface area contributed by atoms with Crippen LogP contribution in [0.2, 0.25) is 0 Å². The number of aryl methyl sites for hydroxylation is 1. The van der Waals surface area contributed by atoms with Gasteiger partial charge in [0.2, 0.25) is 0 Å². The summed E-state index contributed by atoms with van der Waals surface area (Å²) in [4.78, 5) is 25.1. The summed E-state index contributed by atoms with van der Waals surface area (Å²) >= 11 is 1.39. The molecule has 128 valence electrons. The van der Waals surface area contributed by atoms with E-state index in [2.05, 4.69) is 5.32 Å². The molecule has 0 aliphatic rings. The van der Waals surface area contributed by atoms with Gasteiger partial charge in [-0.05, 0) is 50.1 Å². The van der Waals surface area contributed by atoms with E-state index in [-0.39, 0.29) is 12.5 Å². The summed E-state index contributed by atoms with van der Waals surface area (Å²) in [5, 5.41) is 12.1. The minimum absolute atomic E-state index is 0.0956. The molecule has 0 radical (unpaired) electrons. The molecule has 1 atom stereocenters. The first kappa shape index (κ1) is 18.0. The van der Waals surface area contributed by atoms with E-state index in [1.165, 1.54) is 11.3 Å². The molecule has 0 aliphatic carbocycles. The number of aliphatic carboxylic acids is 1. The first-order chi connectivity index (χ1) is 11.5. The number of amides is 1. The number of carbonyl (C=O) groups is 2. The summed E-state index contributed by atoms with van der Waals surface area (Å²) in [5.41, 5.74) is 0.895. The van der Waals surface area contributed by atoms with Crippen LogP contribution in [0.3, 0.4) is 0 Å². The number of rotatable bonds is 8. The summed E-state index contributed by atoms with van der Waals surface area (Å²) in [6, 6.07) is 11.0. The zero-order chi connectivity index (χ0) is 17.5. The smallest absolute Gasteiger partial charge is 0.308 e. The molecule has 1 aromatic heterocycles. The number of benzene rings is 1. The van der Waals surface area contributed by atoms with Crippen LogP contribution in [0.15, 0.2) is 36.4 Å². The molecule has 2 aromatic rings. The average molecular weight is 347 g/mol. The first-order valence-corrected chi connectivity index (χ1v) is 8.60. The molecule has 1 amide bonds. The van der Waals surface area contributed by atoms with Crippen molar-refractivity contribution in [3.8, 4) is 5.75 Å². The van der Waals surface area contributed by atoms with Gasteiger partial charge in [0.05, 0.1) is 17.4 Å². The Kier molecular flexibility index (Phi) is 6.37. The molecule has 1 unspecified atom stereocenters. The third kappa shape index (κ3) is 5.09. The fourth-order valence-electron chi connectivity index (χ4n) is 2.28. The second-order valence-electron chi connectivity index (χ2n) is 5.44. The van der Waals surface area contributed by atoms with Gasteiger partial charge in [0.15, 0.2) is 0 Å². The Hall–Kier alpha value is -2.34. The van der Waals surface area contributed by atoms with Gasteiger partial charge in [-0.1, -0.05) is 12.1 Å². The van der Waals surface area contributed by atoms with Crippen molar-refractivity contribution in [1.29, 1.82) is 0 Å². The molecule has 0 bridgehead atoms. The molecular formula is C18H21NO4S. The van der Waals surface area contributed by atoms with Gasteiger partial charge < -0.3 is 15.2 Å². The van der Waals surface area contributed by atoms with Crippen LogP contribution in [0, 0.1) is 12.8 Å². The van der Waals surface area contributed by atoms with Gasteiger partial charge in [0, 0.05) is 11.4 Å². The summed E-state index contributed by atoms with van der Waals surface area (Å²) in [5.74, 6) is -1.07. The van der Waals surface area contributed by atoms with Crippen LogP contribution in [0.4, 0.5) is 0 Å². The van der Waals surface area contributed by atoms with Crippen molar-refractivity contribution in [2.24, 2.45) is 5.92 Å². The van der Waals surface area contributed by atoms with E-state index >= 15 is 0 Å². The molecule has 24 heavy (non-hydrogen) atoms. The number of hydrogen-bond acceptors (Lipinski definition) is 4. The molecule has 2 N–H and O–H groups in total. The lowest BCUT2D eigenvalue weighted by molar-refractivity contribution is -0.141. The van der Waals surface area contributed by atoms with Gasteiger partial charge in [0.25, 0.3) is 5.91 Å². The maximum Gasteiger partial charge on any atom is 0.308 e. The van der Waals surface area contributed by atoms with E-state index in [1.807, 2.05) is 44.2 Å². The third-order valence-electron chi connectivity index (χ3n) is 3.54. The Balaban J connectivity index is 1.94. The Morgan fingerprint density at radius 1 is 1.21 bits per heavy atom. The first-order valence-electron chi connectivity index (χ1n) is 7.78. The quantitative estimate of drug-likeness (QED) is 0.769. The Morgan fingerprint density at radius 3 is 2.46 bits per heavy atom. The summed E-state index contributed by atoms with van der Waals surface area (Å²) in [7, 11) is 0. The molecule has 2 rings (SSSR count). The lowest BCUT2D eigenvalue weighted by atomic mass is 9.99. The zero-order valence-corrected chi connectivity index (χ0v) is 14.6. The van der Waals surface area contributed by atoms with Crippen molar-refractivity contribution in [1.82, 2.24) is 5.32 Å². The minimum Gasteiger partial charge on any atom is -0.494 e. The Morgan fingerprint density at radius 2 is 1.92 bits per heavy atom. The van der Waals surface area contributed by atoms with E-state index in [9.17, 15) is 14.7 Å². The number of thiophene rings is 1. The van der Waals surface area contributed by atoms with Gasteiger partial charge in [-0.25, -0.2) is 0 Å². The Bertz CT molecular complexity index is 693. The highest BCUT2D eigenvalue weighted by Gasteiger charge is 2.20. The highest BCUT2D eigenvalue weighted by molar-refractivity contribution is 7.13. The predicted octanol–water partition coefficient (Wildman–Crippen LogP) is 3.13. The summed E-state index contributed by atoms with van der Waals surface area (Å²) in [6.45, 7) is 4.52. The molecule has 0 saturated heterocycles. The van der Waals surface area contributed by atoms with E-state index < -0.39 is 11.9 Å². The maximum atomic E-state index is 12.0. The predicted molar refractivity (Wildman–Crippen MR) is 93.8 cm³/mol. The van der Waals surface area contributed by atoms with Crippen LogP contribution >= 0.6 is 11.3 Å². The van der Waals surface area contributed by atoms with Gasteiger partial charge in [-0.15, -0.1) is 11.3 Å². The Labute approximate surface area is 145 Å². The second kappa shape index (κ2) is 8.49. The van der Waals surface area contributed by atoms with Gasteiger partial charge in [-0.3, -0.25) is 9.59 Å². The van der Waals surface area contributed by atoms with Crippen molar-refractivity contribution in [3.05, 3.63) is 51.7 Å².